The molecule has 1 aromatic heterocycles. The van der Waals surface area contributed by atoms with E-state index < -0.39 is 0 Å². The van der Waals surface area contributed by atoms with E-state index in [1.54, 1.807) is 19.5 Å². The van der Waals surface area contributed by atoms with Gasteiger partial charge in [0.05, 0.1) is 19.0 Å². The molecule has 0 spiro atoms. The molecule has 1 saturated heterocycles. The summed E-state index contributed by atoms with van der Waals surface area (Å²) in [6.45, 7) is 2.89. The number of methoxy groups -OCH3 is 1. The molecule has 18 heavy (non-hydrogen) atoms. The highest BCUT2D eigenvalue weighted by Crippen LogP contribution is 2.39. The Morgan fingerprint density at radius 1 is 1.56 bits per heavy atom. The first-order valence-corrected chi connectivity index (χ1v) is 6.56. The van der Waals surface area contributed by atoms with Crippen molar-refractivity contribution in [3.05, 3.63) is 18.1 Å². The van der Waals surface area contributed by atoms with Gasteiger partial charge < -0.3 is 10.5 Å². The lowest BCUT2D eigenvalue weighted by molar-refractivity contribution is 0.289. The van der Waals surface area contributed by atoms with Crippen molar-refractivity contribution in [2.75, 3.05) is 20.2 Å². The van der Waals surface area contributed by atoms with Crippen LogP contribution in [0.5, 0.6) is 5.88 Å². The number of aromatic nitrogens is 2. The Bertz CT molecular complexity index is 439. The molecule has 1 aliphatic carbocycles. The highest BCUT2D eigenvalue weighted by molar-refractivity contribution is 5.10. The number of fused-ring (bicyclic) bond motifs is 1. The molecule has 2 atom stereocenters. The fraction of sp³-hybridized carbons (Fsp3) is 0.692. The van der Waals surface area contributed by atoms with Crippen LogP contribution >= 0.6 is 0 Å². The van der Waals surface area contributed by atoms with E-state index in [9.17, 15) is 0 Å². The Morgan fingerprint density at radius 2 is 2.44 bits per heavy atom. The normalized spacial score (nSPS) is 31.6. The van der Waals surface area contributed by atoms with Crippen molar-refractivity contribution in [2.45, 2.75) is 31.3 Å². The van der Waals surface area contributed by atoms with E-state index in [4.69, 9.17) is 10.5 Å². The van der Waals surface area contributed by atoms with Gasteiger partial charge in [-0.1, -0.05) is 6.42 Å². The summed E-state index contributed by atoms with van der Waals surface area (Å²) in [5, 5.41) is 0. The van der Waals surface area contributed by atoms with E-state index in [1.165, 1.54) is 12.8 Å². The van der Waals surface area contributed by atoms with E-state index in [2.05, 4.69) is 14.9 Å². The molecule has 1 aliphatic heterocycles. The Labute approximate surface area is 107 Å². The maximum Gasteiger partial charge on any atom is 0.232 e. The third-order valence-electron chi connectivity index (χ3n) is 4.26. The minimum Gasteiger partial charge on any atom is -0.480 e. The van der Waals surface area contributed by atoms with E-state index in [-0.39, 0.29) is 5.54 Å². The summed E-state index contributed by atoms with van der Waals surface area (Å²) in [5.74, 6) is 1.24. The third kappa shape index (κ3) is 2.08. The fourth-order valence-electron chi connectivity index (χ4n) is 3.35. The summed E-state index contributed by atoms with van der Waals surface area (Å²) in [6, 6.07) is 0. The van der Waals surface area contributed by atoms with Crippen molar-refractivity contribution in [3.63, 3.8) is 0 Å². The Morgan fingerprint density at radius 3 is 3.22 bits per heavy atom. The van der Waals surface area contributed by atoms with E-state index >= 15 is 0 Å². The quantitative estimate of drug-likeness (QED) is 0.857. The second-order valence-corrected chi connectivity index (χ2v) is 5.54. The van der Waals surface area contributed by atoms with Gasteiger partial charge in [0.15, 0.2) is 0 Å². The molecule has 3 rings (SSSR count). The second kappa shape index (κ2) is 4.48. The van der Waals surface area contributed by atoms with Crippen molar-refractivity contribution in [3.8, 4) is 5.88 Å². The number of hydrogen-bond acceptors (Lipinski definition) is 5. The van der Waals surface area contributed by atoms with Crippen LogP contribution in [0.2, 0.25) is 0 Å². The number of nitrogens with zero attached hydrogens (tertiary/aromatic N) is 3. The number of likely N-dealkylation sites (tertiary alicyclic amines) is 1. The van der Waals surface area contributed by atoms with Crippen LogP contribution in [0, 0.1) is 5.92 Å². The molecule has 0 aromatic carbocycles. The molecule has 5 heteroatoms. The summed E-state index contributed by atoms with van der Waals surface area (Å²) in [5.41, 5.74) is 7.47. The molecule has 1 aromatic rings. The summed E-state index contributed by atoms with van der Waals surface area (Å²) in [6.07, 6.45) is 7.16. The van der Waals surface area contributed by atoms with Gasteiger partial charge in [-0.25, -0.2) is 4.98 Å². The van der Waals surface area contributed by atoms with Gasteiger partial charge in [-0.05, 0) is 18.8 Å². The number of nitrogens with two attached hydrogens (primary N) is 1. The molecule has 2 unspecified atom stereocenters. The van der Waals surface area contributed by atoms with Crippen molar-refractivity contribution in [1.82, 2.24) is 14.9 Å². The van der Waals surface area contributed by atoms with Crippen molar-refractivity contribution in [1.29, 1.82) is 0 Å². The first-order chi connectivity index (χ1) is 8.69. The van der Waals surface area contributed by atoms with Crippen molar-refractivity contribution < 1.29 is 4.74 Å². The lowest BCUT2D eigenvalue weighted by Crippen LogP contribution is -2.44. The van der Waals surface area contributed by atoms with Crippen LogP contribution in [0.4, 0.5) is 0 Å². The summed E-state index contributed by atoms with van der Waals surface area (Å²) in [4.78, 5) is 10.9. The van der Waals surface area contributed by atoms with E-state index in [0.29, 0.717) is 11.8 Å². The average Bonchev–Trinajstić information content (AvgIpc) is 2.83. The SMILES string of the molecule is COc1cncc(CN2CC3CCCC3(N)C2)n1. The molecule has 0 radical (unpaired) electrons. The Hall–Kier alpha value is -1.20. The lowest BCUT2D eigenvalue weighted by atomic mass is 9.92. The van der Waals surface area contributed by atoms with Crippen molar-refractivity contribution in [2.24, 2.45) is 11.7 Å². The molecule has 0 bridgehead atoms. The maximum atomic E-state index is 6.46. The molecule has 2 heterocycles. The zero-order valence-corrected chi connectivity index (χ0v) is 10.8. The Kier molecular flexibility index (Phi) is 2.95. The minimum atomic E-state index is 0.0479. The van der Waals surface area contributed by atoms with Crippen LogP contribution in [0.3, 0.4) is 0 Å². The van der Waals surface area contributed by atoms with Gasteiger partial charge in [0.2, 0.25) is 5.88 Å². The largest absolute Gasteiger partial charge is 0.480 e. The predicted molar refractivity (Wildman–Crippen MR) is 68.1 cm³/mol. The average molecular weight is 248 g/mol. The third-order valence-corrected chi connectivity index (χ3v) is 4.26. The summed E-state index contributed by atoms with van der Waals surface area (Å²) in [7, 11) is 1.61. The molecule has 2 fully saturated rings. The standard InChI is InChI=1S/C13H20N4O/c1-18-12-6-15-5-11(16-12)8-17-7-10-3-2-4-13(10,14)9-17/h5-6,10H,2-4,7-9,14H2,1H3. The van der Waals surface area contributed by atoms with E-state index in [1.807, 2.05) is 0 Å². The van der Waals surface area contributed by atoms with Crippen LogP contribution in [-0.4, -0.2) is 40.6 Å². The topological polar surface area (TPSA) is 64.3 Å². The highest BCUT2D eigenvalue weighted by atomic mass is 16.5. The first kappa shape index (κ1) is 11.9. The lowest BCUT2D eigenvalue weighted by Gasteiger charge is -2.23. The van der Waals surface area contributed by atoms with Crippen LogP contribution in [0.25, 0.3) is 0 Å². The van der Waals surface area contributed by atoms with Crippen LogP contribution < -0.4 is 10.5 Å². The molecule has 0 amide bonds. The Balaban J connectivity index is 1.67. The molecule has 5 nitrogen and oxygen atoms in total. The molecule has 1 saturated carbocycles. The van der Waals surface area contributed by atoms with Crippen LogP contribution in [0.1, 0.15) is 25.0 Å². The van der Waals surface area contributed by atoms with Crippen molar-refractivity contribution >= 4 is 0 Å². The van der Waals surface area contributed by atoms with E-state index in [0.717, 1.165) is 31.7 Å². The zero-order valence-electron chi connectivity index (χ0n) is 10.8. The second-order valence-electron chi connectivity index (χ2n) is 5.54. The number of rotatable bonds is 3. The van der Waals surface area contributed by atoms with Gasteiger partial charge in [0, 0.05) is 31.4 Å². The van der Waals surface area contributed by atoms with Gasteiger partial charge in [-0.3, -0.25) is 9.88 Å². The summed E-state index contributed by atoms with van der Waals surface area (Å²) < 4.78 is 5.10. The molecule has 2 N–H and O–H groups in total. The zero-order chi connectivity index (χ0) is 12.6. The molecular formula is C13H20N4O. The molecule has 2 aliphatic rings. The smallest absolute Gasteiger partial charge is 0.232 e. The summed E-state index contributed by atoms with van der Waals surface area (Å²) >= 11 is 0. The monoisotopic (exact) mass is 248 g/mol. The van der Waals surface area contributed by atoms with Crippen LogP contribution in [-0.2, 0) is 6.54 Å². The van der Waals surface area contributed by atoms with Crippen LogP contribution in [0.15, 0.2) is 12.4 Å². The predicted octanol–water partition coefficient (Wildman–Crippen LogP) is 0.798. The highest BCUT2D eigenvalue weighted by Gasteiger charge is 2.46. The minimum absolute atomic E-state index is 0.0479. The van der Waals surface area contributed by atoms with Gasteiger partial charge in [0.25, 0.3) is 0 Å². The maximum absolute atomic E-state index is 6.46. The number of hydrogen-bond donors (Lipinski definition) is 1. The fourth-order valence-corrected chi connectivity index (χ4v) is 3.35. The van der Waals surface area contributed by atoms with Gasteiger partial charge in [-0.15, -0.1) is 0 Å². The number of ether oxygens (including phenoxy) is 1. The molecular weight excluding hydrogens is 228 g/mol. The first-order valence-electron chi connectivity index (χ1n) is 6.56. The van der Waals surface area contributed by atoms with Gasteiger partial charge in [-0.2, -0.15) is 0 Å². The molecule has 98 valence electrons. The van der Waals surface area contributed by atoms with Gasteiger partial charge >= 0.3 is 0 Å². The van der Waals surface area contributed by atoms with Gasteiger partial charge in [0.1, 0.15) is 0 Å².